The van der Waals surface area contributed by atoms with Crippen molar-refractivity contribution in [1.29, 1.82) is 0 Å². The molecule has 0 spiro atoms. The third-order valence-electron chi connectivity index (χ3n) is 4.73. The van der Waals surface area contributed by atoms with Crippen LogP contribution in [-0.2, 0) is 11.2 Å². The van der Waals surface area contributed by atoms with Crippen LogP contribution < -0.4 is 0 Å². The summed E-state index contributed by atoms with van der Waals surface area (Å²) in [5.74, 6) is -0.0636. The normalized spacial score (nSPS) is 14.8. The van der Waals surface area contributed by atoms with Crippen molar-refractivity contribution in [3.8, 4) is 0 Å². The first-order valence-electron chi connectivity index (χ1n) is 8.14. The van der Waals surface area contributed by atoms with Crippen molar-refractivity contribution < 1.29 is 9.18 Å². The summed E-state index contributed by atoms with van der Waals surface area (Å²) in [4.78, 5) is 18.3. The van der Waals surface area contributed by atoms with Gasteiger partial charge in [-0.2, -0.15) is 0 Å². The molecule has 3 aromatic rings. The number of likely N-dealkylation sites (tertiary alicyclic amines) is 1. The Morgan fingerprint density at radius 3 is 2.71 bits per heavy atom. The second kappa shape index (κ2) is 6.07. The van der Waals surface area contributed by atoms with Crippen LogP contribution in [0.4, 0.5) is 4.39 Å². The van der Waals surface area contributed by atoms with Gasteiger partial charge in [0, 0.05) is 37.3 Å². The van der Waals surface area contributed by atoms with E-state index < -0.39 is 0 Å². The molecule has 0 radical (unpaired) electrons. The maximum atomic E-state index is 13.9. The summed E-state index contributed by atoms with van der Waals surface area (Å²) in [5.41, 5.74) is 1.02. The van der Waals surface area contributed by atoms with E-state index in [4.69, 9.17) is 0 Å². The average molecular weight is 323 g/mol. The van der Waals surface area contributed by atoms with Crippen molar-refractivity contribution >= 4 is 16.7 Å². The third-order valence-corrected chi connectivity index (χ3v) is 4.73. The summed E-state index contributed by atoms with van der Waals surface area (Å²) < 4.78 is 15.9. The van der Waals surface area contributed by atoms with Gasteiger partial charge in [0.1, 0.15) is 5.82 Å². The number of imidazole rings is 1. The largest absolute Gasteiger partial charge is 0.338 e. The SMILES string of the molecule is O=C(CCc1ccc(F)c2ccccc12)N1CC(n2ccnc2)C1. The number of hydrogen-bond acceptors (Lipinski definition) is 2. The molecule has 0 atom stereocenters. The summed E-state index contributed by atoms with van der Waals surface area (Å²) in [6, 6.07) is 11.0. The molecule has 0 bridgehead atoms. The lowest BCUT2D eigenvalue weighted by molar-refractivity contribution is -0.136. The predicted molar refractivity (Wildman–Crippen MR) is 90.1 cm³/mol. The standard InChI is InChI=1S/C19H18FN3O/c20-18-7-5-14(16-3-1-2-4-17(16)18)6-8-19(24)23-11-15(12-23)22-10-9-21-13-22/h1-5,7,9-10,13,15H,6,8,11-12H2. The second-order valence-electron chi connectivity index (χ2n) is 6.21. The van der Waals surface area contributed by atoms with Crippen LogP contribution in [0.5, 0.6) is 0 Å². The lowest BCUT2D eigenvalue weighted by atomic mass is 9.99. The zero-order valence-electron chi connectivity index (χ0n) is 13.2. The van der Waals surface area contributed by atoms with Gasteiger partial charge in [-0.3, -0.25) is 4.79 Å². The van der Waals surface area contributed by atoms with E-state index in [0.717, 1.165) is 24.0 Å². The molecule has 24 heavy (non-hydrogen) atoms. The van der Waals surface area contributed by atoms with Crippen molar-refractivity contribution in [3.05, 3.63) is 66.5 Å². The molecule has 2 heterocycles. The van der Waals surface area contributed by atoms with E-state index in [1.54, 1.807) is 24.7 Å². The highest BCUT2D eigenvalue weighted by Gasteiger charge is 2.31. The molecule has 1 fully saturated rings. The number of fused-ring (bicyclic) bond motifs is 1. The zero-order valence-corrected chi connectivity index (χ0v) is 13.2. The Morgan fingerprint density at radius 2 is 1.96 bits per heavy atom. The maximum Gasteiger partial charge on any atom is 0.223 e. The number of carbonyl (C=O) groups excluding carboxylic acids is 1. The van der Waals surface area contributed by atoms with E-state index in [-0.39, 0.29) is 11.7 Å². The minimum absolute atomic E-state index is 0.153. The minimum Gasteiger partial charge on any atom is -0.338 e. The molecule has 0 N–H and O–H groups in total. The Labute approximate surface area is 139 Å². The summed E-state index contributed by atoms with van der Waals surface area (Å²) in [6.07, 6.45) is 6.55. The Kier molecular flexibility index (Phi) is 3.76. The van der Waals surface area contributed by atoms with Crippen LogP contribution in [0.3, 0.4) is 0 Å². The zero-order chi connectivity index (χ0) is 16.5. The van der Waals surface area contributed by atoms with Gasteiger partial charge in [0.05, 0.1) is 12.4 Å². The van der Waals surface area contributed by atoms with Gasteiger partial charge in [-0.15, -0.1) is 0 Å². The molecule has 1 aliphatic rings. The molecule has 5 heteroatoms. The highest BCUT2D eigenvalue weighted by molar-refractivity contribution is 5.87. The molecule has 0 saturated carbocycles. The number of nitrogens with zero attached hydrogens (tertiary/aromatic N) is 3. The summed E-state index contributed by atoms with van der Waals surface area (Å²) in [7, 11) is 0. The van der Waals surface area contributed by atoms with Crippen LogP contribution in [0, 0.1) is 5.82 Å². The molecule has 1 saturated heterocycles. The van der Waals surface area contributed by atoms with Gasteiger partial charge in [0.25, 0.3) is 0 Å². The summed E-state index contributed by atoms with van der Waals surface area (Å²) in [6.45, 7) is 1.47. The first-order valence-corrected chi connectivity index (χ1v) is 8.14. The number of rotatable bonds is 4. The van der Waals surface area contributed by atoms with Crippen LogP contribution in [0.25, 0.3) is 10.8 Å². The van der Waals surface area contributed by atoms with Crippen molar-refractivity contribution in [3.63, 3.8) is 0 Å². The van der Waals surface area contributed by atoms with E-state index in [1.165, 1.54) is 6.07 Å². The summed E-state index contributed by atoms with van der Waals surface area (Å²) >= 11 is 0. The molecule has 1 aromatic heterocycles. The predicted octanol–water partition coefficient (Wildman–Crippen LogP) is 3.19. The number of amides is 1. The molecular formula is C19H18FN3O. The van der Waals surface area contributed by atoms with Crippen LogP contribution in [0.2, 0.25) is 0 Å². The first kappa shape index (κ1) is 14.9. The van der Waals surface area contributed by atoms with E-state index in [9.17, 15) is 9.18 Å². The number of aromatic nitrogens is 2. The van der Waals surface area contributed by atoms with Crippen LogP contribution in [0.1, 0.15) is 18.0 Å². The van der Waals surface area contributed by atoms with Crippen LogP contribution in [0.15, 0.2) is 55.1 Å². The van der Waals surface area contributed by atoms with E-state index in [0.29, 0.717) is 24.3 Å². The second-order valence-corrected chi connectivity index (χ2v) is 6.21. The lowest BCUT2D eigenvalue weighted by Gasteiger charge is -2.39. The Balaban J connectivity index is 1.39. The Morgan fingerprint density at radius 1 is 1.17 bits per heavy atom. The van der Waals surface area contributed by atoms with Gasteiger partial charge < -0.3 is 9.47 Å². The number of aryl methyl sites for hydroxylation is 1. The van der Waals surface area contributed by atoms with Crippen molar-refractivity contribution in [2.75, 3.05) is 13.1 Å². The smallest absolute Gasteiger partial charge is 0.223 e. The van der Waals surface area contributed by atoms with Gasteiger partial charge >= 0.3 is 0 Å². The van der Waals surface area contributed by atoms with E-state index in [2.05, 4.69) is 4.98 Å². The van der Waals surface area contributed by atoms with Crippen molar-refractivity contribution in [2.45, 2.75) is 18.9 Å². The van der Waals surface area contributed by atoms with Gasteiger partial charge in [0.2, 0.25) is 5.91 Å². The molecule has 2 aromatic carbocycles. The molecule has 1 amide bonds. The number of hydrogen-bond donors (Lipinski definition) is 0. The minimum atomic E-state index is -0.216. The van der Waals surface area contributed by atoms with Gasteiger partial charge in [-0.1, -0.05) is 30.3 Å². The Bertz CT molecular complexity index is 869. The fourth-order valence-corrected chi connectivity index (χ4v) is 3.28. The third kappa shape index (κ3) is 2.66. The molecule has 1 aliphatic heterocycles. The molecule has 122 valence electrons. The van der Waals surface area contributed by atoms with E-state index in [1.807, 2.05) is 33.9 Å². The maximum absolute atomic E-state index is 13.9. The molecule has 0 aliphatic carbocycles. The topological polar surface area (TPSA) is 38.1 Å². The highest BCUT2D eigenvalue weighted by Crippen LogP contribution is 2.25. The van der Waals surface area contributed by atoms with Crippen LogP contribution >= 0.6 is 0 Å². The molecule has 0 unspecified atom stereocenters. The Hall–Kier alpha value is -2.69. The van der Waals surface area contributed by atoms with Gasteiger partial charge in [-0.05, 0) is 23.4 Å². The first-order chi connectivity index (χ1) is 11.7. The van der Waals surface area contributed by atoms with Crippen LogP contribution in [-0.4, -0.2) is 33.4 Å². The lowest BCUT2D eigenvalue weighted by Crippen LogP contribution is -2.50. The monoisotopic (exact) mass is 323 g/mol. The fourth-order valence-electron chi connectivity index (χ4n) is 3.28. The van der Waals surface area contributed by atoms with Crippen molar-refractivity contribution in [1.82, 2.24) is 14.5 Å². The molecule has 4 nitrogen and oxygen atoms in total. The fraction of sp³-hybridized carbons (Fsp3) is 0.263. The number of benzene rings is 2. The average Bonchev–Trinajstić information content (AvgIpc) is 3.07. The van der Waals surface area contributed by atoms with Crippen molar-refractivity contribution in [2.24, 2.45) is 0 Å². The molecular weight excluding hydrogens is 305 g/mol. The van der Waals surface area contributed by atoms with Gasteiger partial charge in [0.15, 0.2) is 0 Å². The summed E-state index contributed by atoms with van der Waals surface area (Å²) in [5, 5.41) is 1.51. The van der Waals surface area contributed by atoms with E-state index >= 15 is 0 Å². The van der Waals surface area contributed by atoms with Gasteiger partial charge in [-0.25, -0.2) is 9.37 Å². The number of carbonyl (C=O) groups is 1. The number of halogens is 1. The quantitative estimate of drug-likeness (QED) is 0.739. The highest BCUT2D eigenvalue weighted by atomic mass is 19.1. The molecule has 4 rings (SSSR count).